The normalized spacial score (nSPS) is 10.0. The average molecular weight is 171 g/mol. The molecule has 0 amide bonds. The molecule has 0 bridgehead atoms. The molecular formula is C9H11F2N. The van der Waals surface area contributed by atoms with Crippen molar-refractivity contribution in [2.45, 2.75) is 13.8 Å². The molecule has 0 atom stereocenters. The Morgan fingerprint density at radius 1 is 1.25 bits per heavy atom. The van der Waals surface area contributed by atoms with Crippen LogP contribution in [0, 0.1) is 18.6 Å². The summed E-state index contributed by atoms with van der Waals surface area (Å²) in [6, 6.07) is 2.61. The van der Waals surface area contributed by atoms with E-state index in [0.717, 1.165) is 0 Å². The van der Waals surface area contributed by atoms with Gasteiger partial charge in [-0.05, 0) is 31.5 Å². The third-order valence-corrected chi connectivity index (χ3v) is 1.54. The van der Waals surface area contributed by atoms with Gasteiger partial charge < -0.3 is 5.32 Å². The Labute approximate surface area is 70.4 Å². The Bertz CT molecular complexity index is 261. The van der Waals surface area contributed by atoms with Crippen LogP contribution in [-0.4, -0.2) is 6.54 Å². The highest BCUT2D eigenvalue weighted by Crippen LogP contribution is 2.19. The number of hydrogen-bond donors (Lipinski definition) is 1. The van der Waals surface area contributed by atoms with Crippen molar-refractivity contribution in [1.29, 1.82) is 0 Å². The zero-order chi connectivity index (χ0) is 9.14. The quantitative estimate of drug-likeness (QED) is 0.721. The molecule has 0 saturated carbocycles. The molecule has 0 aliphatic carbocycles. The highest BCUT2D eigenvalue weighted by molar-refractivity contribution is 5.47. The van der Waals surface area contributed by atoms with Crippen LogP contribution < -0.4 is 5.32 Å². The standard InChI is InChI=1S/C9H11F2N/c1-3-12-9-7(10)4-6(2)5-8(9)11/h4-5,12H,3H2,1-2H3. The van der Waals surface area contributed by atoms with E-state index in [1.807, 2.05) is 0 Å². The molecule has 66 valence electrons. The molecular weight excluding hydrogens is 160 g/mol. The highest BCUT2D eigenvalue weighted by atomic mass is 19.1. The van der Waals surface area contributed by atoms with Crippen molar-refractivity contribution in [1.82, 2.24) is 0 Å². The summed E-state index contributed by atoms with van der Waals surface area (Å²) >= 11 is 0. The minimum absolute atomic E-state index is 0.0388. The van der Waals surface area contributed by atoms with Crippen LogP contribution in [0.4, 0.5) is 14.5 Å². The van der Waals surface area contributed by atoms with Gasteiger partial charge in [0.15, 0.2) is 0 Å². The van der Waals surface area contributed by atoms with Crippen LogP contribution in [0.1, 0.15) is 12.5 Å². The smallest absolute Gasteiger partial charge is 0.149 e. The van der Waals surface area contributed by atoms with E-state index in [1.54, 1.807) is 13.8 Å². The van der Waals surface area contributed by atoms with Crippen LogP contribution in [0.2, 0.25) is 0 Å². The van der Waals surface area contributed by atoms with Crippen molar-refractivity contribution in [3.05, 3.63) is 29.3 Å². The summed E-state index contributed by atoms with van der Waals surface area (Å²) in [7, 11) is 0. The Morgan fingerprint density at radius 3 is 2.17 bits per heavy atom. The van der Waals surface area contributed by atoms with Gasteiger partial charge in [-0.3, -0.25) is 0 Å². The Balaban J connectivity index is 3.10. The van der Waals surface area contributed by atoms with Crippen molar-refractivity contribution in [3.8, 4) is 0 Å². The van der Waals surface area contributed by atoms with E-state index in [4.69, 9.17) is 0 Å². The first kappa shape index (κ1) is 8.97. The van der Waals surface area contributed by atoms with Crippen LogP contribution in [0.15, 0.2) is 12.1 Å². The monoisotopic (exact) mass is 171 g/mol. The first-order chi connectivity index (χ1) is 5.65. The Hall–Kier alpha value is -1.12. The summed E-state index contributed by atoms with van der Waals surface area (Å²) in [5.41, 5.74) is 0.551. The summed E-state index contributed by atoms with van der Waals surface area (Å²) in [5.74, 6) is -1.07. The van der Waals surface area contributed by atoms with Gasteiger partial charge in [0.25, 0.3) is 0 Å². The van der Waals surface area contributed by atoms with Gasteiger partial charge >= 0.3 is 0 Å². The molecule has 0 aliphatic heterocycles. The molecule has 1 N–H and O–H groups in total. The molecule has 0 radical (unpaired) electrons. The van der Waals surface area contributed by atoms with Gasteiger partial charge in [-0.15, -0.1) is 0 Å². The fraction of sp³-hybridized carbons (Fsp3) is 0.333. The second-order valence-electron chi connectivity index (χ2n) is 2.63. The van der Waals surface area contributed by atoms with Crippen LogP contribution >= 0.6 is 0 Å². The number of anilines is 1. The fourth-order valence-corrected chi connectivity index (χ4v) is 1.05. The molecule has 0 saturated heterocycles. The topological polar surface area (TPSA) is 12.0 Å². The number of rotatable bonds is 2. The third kappa shape index (κ3) is 1.72. The minimum Gasteiger partial charge on any atom is -0.381 e. The zero-order valence-corrected chi connectivity index (χ0v) is 7.12. The summed E-state index contributed by atoms with van der Waals surface area (Å²) in [5, 5.41) is 2.62. The molecule has 1 nitrogen and oxygen atoms in total. The fourth-order valence-electron chi connectivity index (χ4n) is 1.05. The first-order valence-corrected chi connectivity index (χ1v) is 3.84. The molecule has 1 aromatic carbocycles. The first-order valence-electron chi connectivity index (χ1n) is 3.84. The van der Waals surface area contributed by atoms with Gasteiger partial charge in [0, 0.05) is 6.54 Å². The lowest BCUT2D eigenvalue weighted by molar-refractivity contribution is 0.587. The van der Waals surface area contributed by atoms with Crippen LogP contribution in [0.25, 0.3) is 0 Å². The van der Waals surface area contributed by atoms with Crippen molar-refractivity contribution in [2.24, 2.45) is 0 Å². The predicted molar refractivity (Wildman–Crippen MR) is 45.3 cm³/mol. The van der Waals surface area contributed by atoms with E-state index >= 15 is 0 Å². The molecule has 0 aliphatic rings. The van der Waals surface area contributed by atoms with E-state index in [9.17, 15) is 8.78 Å². The molecule has 1 aromatic rings. The average Bonchev–Trinajstić information content (AvgIpc) is 1.96. The molecule has 12 heavy (non-hydrogen) atoms. The van der Waals surface area contributed by atoms with Crippen molar-refractivity contribution < 1.29 is 8.78 Å². The van der Waals surface area contributed by atoms with Gasteiger partial charge in [-0.25, -0.2) is 8.78 Å². The van der Waals surface area contributed by atoms with Gasteiger partial charge in [0.05, 0.1) is 0 Å². The Morgan fingerprint density at radius 2 is 1.75 bits per heavy atom. The van der Waals surface area contributed by atoms with Crippen LogP contribution in [0.3, 0.4) is 0 Å². The third-order valence-electron chi connectivity index (χ3n) is 1.54. The van der Waals surface area contributed by atoms with E-state index in [2.05, 4.69) is 5.32 Å². The van der Waals surface area contributed by atoms with Gasteiger partial charge in [0.1, 0.15) is 17.3 Å². The predicted octanol–water partition coefficient (Wildman–Crippen LogP) is 2.71. The highest BCUT2D eigenvalue weighted by Gasteiger charge is 2.07. The second-order valence-corrected chi connectivity index (χ2v) is 2.63. The van der Waals surface area contributed by atoms with Crippen molar-refractivity contribution in [2.75, 3.05) is 11.9 Å². The van der Waals surface area contributed by atoms with Gasteiger partial charge in [0.2, 0.25) is 0 Å². The van der Waals surface area contributed by atoms with Crippen molar-refractivity contribution >= 4 is 5.69 Å². The van der Waals surface area contributed by atoms with Gasteiger partial charge in [-0.1, -0.05) is 0 Å². The lowest BCUT2D eigenvalue weighted by Gasteiger charge is -2.06. The summed E-state index contributed by atoms with van der Waals surface area (Å²) in [6.07, 6.45) is 0. The number of benzene rings is 1. The number of hydrogen-bond acceptors (Lipinski definition) is 1. The molecule has 0 aromatic heterocycles. The minimum atomic E-state index is -0.533. The number of aryl methyl sites for hydroxylation is 1. The van der Waals surface area contributed by atoms with E-state index < -0.39 is 11.6 Å². The van der Waals surface area contributed by atoms with E-state index in [1.165, 1.54) is 12.1 Å². The Kier molecular flexibility index (Phi) is 2.63. The SMILES string of the molecule is CCNc1c(F)cc(C)cc1F. The van der Waals surface area contributed by atoms with Crippen LogP contribution in [-0.2, 0) is 0 Å². The maximum absolute atomic E-state index is 13.0. The summed E-state index contributed by atoms with van der Waals surface area (Å²) < 4.78 is 26.0. The maximum Gasteiger partial charge on any atom is 0.149 e. The summed E-state index contributed by atoms with van der Waals surface area (Å²) in [4.78, 5) is 0. The summed E-state index contributed by atoms with van der Waals surface area (Å²) in [6.45, 7) is 3.96. The molecule has 1 rings (SSSR count). The lowest BCUT2D eigenvalue weighted by atomic mass is 10.2. The van der Waals surface area contributed by atoms with Crippen LogP contribution in [0.5, 0.6) is 0 Å². The molecule has 0 unspecified atom stereocenters. The lowest BCUT2D eigenvalue weighted by Crippen LogP contribution is -2.02. The molecule has 0 heterocycles. The molecule has 0 fully saturated rings. The maximum atomic E-state index is 13.0. The van der Waals surface area contributed by atoms with Crippen molar-refractivity contribution in [3.63, 3.8) is 0 Å². The molecule has 3 heteroatoms. The largest absolute Gasteiger partial charge is 0.381 e. The second kappa shape index (κ2) is 3.52. The van der Waals surface area contributed by atoms with Gasteiger partial charge in [-0.2, -0.15) is 0 Å². The molecule has 0 spiro atoms. The zero-order valence-electron chi connectivity index (χ0n) is 7.12. The van der Waals surface area contributed by atoms with E-state index in [-0.39, 0.29) is 5.69 Å². The number of halogens is 2. The number of nitrogens with one attached hydrogen (secondary N) is 1. The van der Waals surface area contributed by atoms with E-state index in [0.29, 0.717) is 12.1 Å².